The third kappa shape index (κ3) is 5.13. The number of rotatable bonds is 7. The van der Waals surface area contributed by atoms with Gasteiger partial charge >= 0.3 is 0 Å². The number of nitrogens with two attached hydrogens (primary N) is 1. The molecule has 0 spiro atoms. The molecule has 1 aliphatic rings. The number of piperidine rings is 1. The average Bonchev–Trinajstić information content (AvgIpc) is 2.58. The molecule has 2 unspecified atom stereocenters. The smallest absolute Gasteiger partial charge is 0.260 e. The summed E-state index contributed by atoms with van der Waals surface area (Å²) in [6.45, 7) is 6.32. The lowest BCUT2D eigenvalue weighted by Gasteiger charge is -2.37. The number of hydrogen-bond donors (Lipinski definition) is 1. The van der Waals surface area contributed by atoms with Crippen molar-refractivity contribution in [1.29, 1.82) is 0 Å². The number of ether oxygens (including phenoxy) is 2. The standard InChI is InChI=1S/C18H28N2O3/c1-3-10-22-16-4-6-17(7-5-16)23-13-18(21)20-9-8-14(2)11-15(20)12-19/h4-7,14-15H,3,8-13,19H2,1-2H3. The summed E-state index contributed by atoms with van der Waals surface area (Å²) in [5.74, 6) is 2.14. The van der Waals surface area contributed by atoms with Gasteiger partial charge in [0.15, 0.2) is 6.61 Å². The Morgan fingerprint density at radius 1 is 1.26 bits per heavy atom. The van der Waals surface area contributed by atoms with E-state index < -0.39 is 0 Å². The lowest BCUT2D eigenvalue weighted by molar-refractivity contribution is -0.137. The van der Waals surface area contributed by atoms with Crippen LogP contribution in [0.5, 0.6) is 11.5 Å². The van der Waals surface area contributed by atoms with Gasteiger partial charge in [-0.15, -0.1) is 0 Å². The minimum atomic E-state index is 0.0126. The first-order valence-electron chi connectivity index (χ1n) is 8.49. The first-order valence-corrected chi connectivity index (χ1v) is 8.49. The lowest BCUT2D eigenvalue weighted by atomic mass is 9.92. The summed E-state index contributed by atoms with van der Waals surface area (Å²) >= 11 is 0. The molecule has 1 saturated heterocycles. The summed E-state index contributed by atoms with van der Waals surface area (Å²) < 4.78 is 11.1. The largest absolute Gasteiger partial charge is 0.494 e. The molecule has 1 fully saturated rings. The number of likely N-dealkylation sites (tertiary alicyclic amines) is 1. The average molecular weight is 320 g/mol. The highest BCUT2D eigenvalue weighted by Crippen LogP contribution is 2.22. The van der Waals surface area contributed by atoms with Crippen molar-refractivity contribution < 1.29 is 14.3 Å². The maximum Gasteiger partial charge on any atom is 0.260 e. The Hall–Kier alpha value is -1.75. The van der Waals surface area contributed by atoms with E-state index in [1.165, 1.54) is 0 Å². The van der Waals surface area contributed by atoms with Crippen LogP contribution in [0.3, 0.4) is 0 Å². The van der Waals surface area contributed by atoms with Gasteiger partial charge in [0.05, 0.1) is 6.61 Å². The zero-order valence-corrected chi connectivity index (χ0v) is 14.2. The van der Waals surface area contributed by atoms with Crippen LogP contribution in [0.15, 0.2) is 24.3 Å². The number of amides is 1. The fourth-order valence-electron chi connectivity index (χ4n) is 2.88. The van der Waals surface area contributed by atoms with Crippen LogP contribution in [-0.2, 0) is 4.79 Å². The second-order valence-electron chi connectivity index (χ2n) is 6.21. The van der Waals surface area contributed by atoms with Crippen LogP contribution in [0.25, 0.3) is 0 Å². The van der Waals surface area contributed by atoms with Gasteiger partial charge in [-0.1, -0.05) is 13.8 Å². The predicted molar refractivity (Wildman–Crippen MR) is 90.7 cm³/mol. The van der Waals surface area contributed by atoms with Crippen LogP contribution >= 0.6 is 0 Å². The molecule has 0 bridgehead atoms. The number of carbonyl (C=O) groups is 1. The Morgan fingerprint density at radius 3 is 2.52 bits per heavy atom. The van der Waals surface area contributed by atoms with E-state index in [2.05, 4.69) is 13.8 Å². The van der Waals surface area contributed by atoms with Gasteiger partial charge < -0.3 is 20.1 Å². The number of carbonyl (C=O) groups excluding carboxylic acids is 1. The van der Waals surface area contributed by atoms with Gasteiger partial charge in [0.25, 0.3) is 5.91 Å². The fraction of sp³-hybridized carbons (Fsp3) is 0.611. The van der Waals surface area contributed by atoms with Gasteiger partial charge in [-0.3, -0.25) is 4.79 Å². The molecule has 1 aliphatic heterocycles. The SMILES string of the molecule is CCCOc1ccc(OCC(=O)N2CCC(C)CC2CN)cc1. The zero-order chi connectivity index (χ0) is 16.7. The van der Waals surface area contributed by atoms with E-state index in [1.807, 2.05) is 29.2 Å². The maximum atomic E-state index is 12.4. The quantitative estimate of drug-likeness (QED) is 0.838. The molecule has 1 heterocycles. The van der Waals surface area contributed by atoms with E-state index in [9.17, 15) is 4.79 Å². The number of nitrogens with zero attached hydrogens (tertiary/aromatic N) is 1. The van der Waals surface area contributed by atoms with Crippen LogP contribution < -0.4 is 15.2 Å². The molecule has 2 atom stereocenters. The van der Waals surface area contributed by atoms with Gasteiger partial charge in [-0.2, -0.15) is 0 Å². The summed E-state index contributed by atoms with van der Waals surface area (Å²) in [5.41, 5.74) is 5.81. The summed E-state index contributed by atoms with van der Waals surface area (Å²) in [5, 5.41) is 0. The molecule has 1 amide bonds. The first-order chi connectivity index (χ1) is 11.1. The first kappa shape index (κ1) is 17.6. The molecule has 128 valence electrons. The summed E-state index contributed by atoms with van der Waals surface area (Å²) in [7, 11) is 0. The molecule has 2 rings (SSSR count). The zero-order valence-electron chi connectivity index (χ0n) is 14.2. The van der Waals surface area contributed by atoms with E-state index in [0.717, 1.165) is 31.6 Å². The van der Waals surface area contributed by atoms with Crippen LogP contribution in [-0.4, -0.2) is 43.2 Å². The van der Waals surface area contributed by atoms with Crippen LogP contribution in [0.4, 0.5) is 0 Å². The van der Waals surface area contributed by atoms with Crippen molar-refractivity contribution >= 4 is 5.91 Å². The molecule has 0 aromatic heterocycles. The minimum absolute atomic E-state index is 0.0126. The molecular weight excluding hydrogens is 292 g/mol. The van der Waals surface area contributed by atoms with E-state index in [4.69, 9.17) is 15.2 Å². The van der Waals surface area contributed by atoms with Gasteiger partial charge in [0, 0.05) is 19.1 Å². The summed E-state index contributed by atoms with van der Waals surface area (Å²) in [4.78, 5) is 14.3. The molecule has 1 aromatic rings. The Labute approximate surface area is 138 Å². The van der Waals surface area contributed by atoms with Gasteiger partial charge in [0.1, 0.15) is 11.5 Å². The maximum absolute atomic E-state index is 12.4. The number of benzene rings is 1. The van der Waals surface area contributed by atoms with Crippen molar-refractivity contribution in [3.8, 4) is 11.5 Å². The molecule has 5 heteroatoms. The third-order valence-electron chi connectivity index (χ3n) is 4.23. The van der Waals surface area contributed by atoms with Gasteiger partial charge in [-0.25, -0.2) is 0 Å². The topological polar surface area (TPSA) is 64.8 Å². The molecule has 5 nitrogen and oxygen atoms in total. The Kier molecular flexibility index (Phi) is 6.71. The van der Waals surface area contributed by atoms with E-state index in [0.29, 0.717) is 24.8 Å². The van der Waals surface area contributed by atoms with Crippen LogP contribution in [0, 0.1) is 5.92 Å². The monoisotopic (exact) mass is 320 g/mol. The highest BCUT2D eigenvalue weighted by Gasteiger charge is 2.28. The van der Waals surface area contributed by atoms with Crippen molar-refractivity contribution in [2.24, 2.45) is 11.7 Å². The second kappa shape index (κ2) is 8.77. The van der Waals surface area contributed by atoms with Crippen molar-refractivity contribution in [1.82, 2.24) is 4.90 Å². The second-order valence-corrected chi connectivity index (χ2v) is 6.21. The minimum Gasteiger partial charge on any atom is -0.494 e. The van der Waals surface area contributed by atoms with E-state index in [-0.39, 0.29) is 18.6 Å². The van der Waals surface area contributed by atoms with Crippen molar-refractivity contribution in [2.75, 3.05) is 26.3 Å². The van der Waals surface area contributed by atoms with E-state index >= 15 is 0 Å². The fourth-order valence-corrected chi connectivity index (χ4v) is 2.88. The molecule has 0 saturated carbocycles. The van der Waals surface area contributed by atoms with Crippen LogP contribution in [0.2, 0.25) is 0 Å². The summed E-state index contributed by atoms with van der Waals surface area (Å²) in [6, 6.07) is 7.52. The van der Waals surface area contributed by atoms with Gasteiger partial charge in [-0.05, 0) is 49.4 Å². The Balaban J connectivity index is 1.83. The summed E-state index contributed by atoms with van der Waals surface area (Å²) in [6.07, 6.45) is 2.99. The van der Waals surface area contributed by atoms with Crippen molar-refractivity contribution in [2.45, 2.75) is 39.2 Å². The molecule has 23 heavy (non-hydrogen) atoms. The predicted octanol–water partition coefficient (Wildman–Crippen LogP) is 2.44. The van der Waals surface area contributed by atoms with Crippen LogP contribution in [0.1, 0.15) is 33.1 Å². The van der Waals surface area contributed by atoms with Gasteiger partial charge in [0.2, 0.25) is 0 Å². The van der Waals surface area contributed by atoms with E-state index in [1.54, 1.807) is 0 Å². The lowest BCUT2D eigenvalue weighted by Crippen LogP contribution is -2.50. The van der Waals surface area contributed by atoms with Crippen molar-refractivity contribution in [3.05, 3.63) is 24.3 Å². The highest BCUT2D eigenvalue weighted by molar-refractivity contribution is 5.78. The normalized spacial score (nSPS) is 21.1. The molecular formula is C18H28N2O3. The number of hydrogen-bond acceptors (Lipinski definition) is 4. The molecule has 0 radical (unpaired) electrons. The Bertz CT molecular complexity index is 490. The van der Waals surface area contributed by atoms with Crippen molar-refractivity contribution in [3.63, 3.8) is 0 Å². The highest BCUT2D eigenvalue weighted by atomic mass is 16.5. The molecule has 2 N–H and O–H groups in total. The third-order valence-corrected chi connectivity index (χ3v) is 4.23. The Morgan fingerprint density at radius 2 is 1.91 bits per heavy atom. The molecule has 0 aliphatic carbocycles. The molecule has 1 aromatic carbocycles.